The predicted octanol–water partition coefficient (Wildman–Crippen LogP) is 6.46. The van der Waals surface area contributed by atoms with Crippen LogP contribution in [0.25, 0.3) is 0 Å². The number of nitrogens with zero attached hydrogens (tertiary/aromatic N) is 2. The highest BCUT2D eigenvalue weighted by Crippen LogP contribution is 2.36. The summed E-state index contributed by atoms with van der Waals surface area (Å²) in [6, 6.07) is 22.8. The number of carbonyl (C=O) groups excluding carboxylic acids is 1. The SMILES string of the molecule is Cc1ccc(S(=O)(=O)NC2CC3CCC(C2)N3CCCN(C(=O)OCc2ccccc2)c2ccc(C)c(Cl)c2)cc1. The van der Waals surface area contributed by atoms with Crippen molar-refractivity contribution in [3.8, 4) is 0 Å². The van der Waals surface area contributed by atoms with E-state index in [4.69, 9.17) is 16.3 Å². The Morgan fingerprint density at radius 3 is 2.34 bits per heavy atom. The van der Waals surface area contributed by atoms with Crippen LogP contribution in [0.15, 0.2) is 77.7 Å². The Morgan fingerprint density at radius 1 is 1.00 bits per heavy atom. The molecule has 2 fully saturated rings. The molecule has 5 rings (SSSR count). The number of amides is 1. The predicted molar refractivity (Wildman–Crippen MR) is 163 cm³/mol. The molecule has 0 radical (unpaired) electrons. The molecule has 2 saturated heterocycles. The fourth-order valence-corrected chi connectivity index (χ4v) is 7.46. The number of hydrogen-bond donors (Lipinski definition) is 1. The summed E-state index contributed by atoms with van der Waals surface area (Å²) in [6.45, 7) is 5.40. The van der Waals surface area contributed by atoms with Gasteiger partial charge in [0.25, 0.3) is 0 Å². The van der Waals surface area contributed by atoms with Gasteiger partial charge in [-0.25, -0.2) is 17.9 Å². The Bertz CT molecular complexity index is 1440. The molecule has 2 bridgehead atoms. The molecule has 7 nitrogen and oxygen atoms in total. The van der Waals surface area contributed by atoms with Crippen molar-refractivity contribution in [1.29, 1.82) is 0 Å². The zero-order chi connectivity index (χ0) is 29.0. The maximum absolute atomic E-state index is 13.2. The van der Waals surface area contributed by atoms with Crippen LogP contribution in [0.1, 0.15) is 48.8 Å². The van der Waals surface area contributed by atoms with Crippen molar-refractivity contribution in [1.82, 2.24) is 9.62 Å². The monoisotopic (exact) mass is 595 g/mol. The maximum atomic E-state index is 13.2. The number of rotatable bonds is 10. The quantitative estimate of drug-likeness (QED) is 0.291. The number of aryl methyl sites for hydroxylation is 2. The second kappa shape index (κ2) is 12.9. The van der Waals surface area contributed by atoms with E-state index in [0.29, 0.717) is 34.2 Å². The smallest absolute Gasteiger partial charge is 0.414 e. The molecule has 1 N–H and O–H groups in total. The van der Waals surface area contributed by atoms with Crippen LogP contribution in [0.5, 0.6) is 0 Å². The fraction of sp³-hybridized carbons (Fsp3) is 0.406. The van der Waals surface area contributed by atoms with E-state index in [1.54, 1.807) is 17.0 Å². The number of ether oxygens (including phenoxy) is 1. The van der Waals surface area contributed by atoms with Gasteiger partial charge in [-0.3, -0.25) is 9.80 Å². The van der Waals surface area contributed by atoms with Gasteiger partial charge >= 0.3 is 6.09 Å². The molecule has 2 heterocycles. The normalized spacial score (nSPS) is 20.6. The molecular formula is C32H38ClN3O4S. The maximum Gasteiger partial charge on any atom is 0.414 e. The second-order valence-electron chi connectivity index (χ2n) is 11.2. The van der Waals surface area contributed by atoms with Crippen molar-refractivity contribution in [2.24, 2.45) is 0 Å². The lowest BCUT2D eigenvalue weighted by Gasteiger charge is -2.39. The van der Waals surface area contributed by atoms with E-state index >= 15 is 0 Å². The van der Waals surface area contributed by atoms with E-state index in [1.807, 2.05) is 74.5 Å². The Labute approximate surface area is 248 Å². The molecule has 2 atom stereocenters. The summed E-state index contributed by atoms with van der Waals surface area (Å²) in [5.74, 6) is 0. The summed E-state index contributed by atoms with van der Waals surface area (Å²) >= 11 is 6.41. The Balaban J connectivity index is 1.19. The summed E-state index contributed by atoms with van der Waals surface area (Å²) in [5, 5.41) is 0.608. The largest absolute Gasteiger partial charge is 0.444 e. The molecule has 0 spiro atoms. The lowest BCUT2D eigenvalue weighted by Crippen LogP contribution is -2.50. The van der Waals surface area contributed by atoms with Gasteiger partial charge in [-0.15, -0.1) is 0 Å². The third-order valence-corrected chi connectivity index (χ3v) is 10.2. The first kappa shape index (κ1) is 29.6. The zero-order valence-corrected chi connectivity index (χ0v) is 25.2. The van der Waals surface area contributed by atoms with Crippen molar-refractivity contribution >= 4 is 33.4 Å². The molecule has 3 aromatic carbocycles. The highest BCUT2D eigenvalue weighted by Gasteiger charge is 2.41. The highest BCUT2D eigenvalue weighted by atomic mass is 35.5. The van der Waals surface area contributed by atoms with E-state index < -0.39 is 16.1 Å². The molecule has 2 unspecified atom stereocenters. The molecule has 218 valence electrons. The van der Waals surface area contributed by atoms with Gasteiger partial charge in [0.2, 0.25) is 10.0 Å². The van der Waals surface area contributed by atoms with Crippen molar-refractivity contribution in [3.05, 3.63) is 94.5 Å². The molecular weight excluding hydrogens is 558 g/mol. The number of sulfonamides is 1. The van der Waals surface area contributed by atoms with Crippen LogP contribution in [-0.4, -0.2) is 50.6 Å². The van der Waals surface area contributed by atoms with Gasteiger partial charge in [-0.1, -0.05) is 65.7 Å². The summed E-state index contributed by atoms with van der Waals surface area (Å²) in [6.07, 6.45) is 4.06. The molecule has 9 heteroatoms. The number of hydrogen-bond acceptors (Lipinski definition) is 5. The van der Waals surface area contributed by atoms with Crippen LogP contribution < -0.4 is 9.62 Å². The molecule has 0 saturated carbocycles. The zero-order valence-electron chi connectivity index (χ0n) is 23.6. The summed E-state index contributed by atoms with van der Waals surface area (Å²) in [4.78, 5) is 17.7. The van der Waals surface area contributed by atoms with Gasteiger partial charge in [-0.2, -0.15) is 0 Å². The first-order valence-electron chi connectivity index (χ1n) is 14.3. The molecule has 0 aliphatic carbocycles. The van der Waals surface area contributed by atoms with Crippen LogP contribution in [0.4, 0.5) is 10.5 Å². The average molecular weight is 596 g/mol. The molecule has 2 aliphatic rings. The fourth-order valence-electron chi connectivity index (χ4n) is 6.02. The van der Waals surface area contributed by atoms with Gasteiger partial charge in [0, 0.05) is 41.9 Å². The van der Waals surface area contributed by atoms with Crippen molar-refractivity contribution in [2.75, 3.05) is 18.0 Å². The molecule has 3 aromatic rings. The van der Waals surface area contributed by atoms with Crippen LogP contribution in [0, 0.1) is 13.8 Å². The highest BCUT2D eigenvalue weighted by molar-refractivity contribution is 7.89. The number of piperidine rings is 1. The lowest BCUT2D eigenvalue weighted by atomic mass is 9.98. The van der Waals surface area contributed by atoms with E-state index in [1.165, 1.54) is 0 Å². The standard InChI is InChI=1S/C32H38ClN3O4S/c1-23-9-15-30(16-10-23)41(38,39)34-26-19-27-13-14-28(20-26)35(27)17-6-18-36(29-12-11-24(2)31(33)21-29)32(37)40-22-25-7-4-3-5-8-25/h3-5,7-12,15-16,21,26-28,34H,6,13-14,17-20,22H2,1-2H3. The van der Waals surface area contributed by atoms with Crippen molar-refractivity contribution in [3.63, 3.8) is 0 Å². The number of benzene rings is 3. The molecule has 2 aliphatic heterocycles. The number of halogens is 1. The number of anilines is 1. The lowest BCUT2D eigenvalue weighted by molar-refractivity contribution is 0.121. The van der Waals surface area contributed by atoms with Crippen LogP contribution >= 0.6 is 11.6 Å². The third kappa shape index (κ3) is 7.30. The van der Waals surface area contributed by atoms with Gasteiger partial charge < -0.3 is 4.74 Å². The first-order valence-corrected chi connectivity index (χ1v) is 16.1. The van der Waals surface area contributed by atoms with Crippen molar-refractivity contribution < 1.29 is 17.9 Å². The molecule has 0 aromatic heterocycles. The van der Waals surface area contributed by atoms with E-state index in [-0.39, 0.29) is 12.6 Å². The van der Waals surface area contributed by atoms with Crippen LogP contribution in [-0.2, 0) is 21.4 Å². The molecule has 41 heavy (non-hydrogen) atoms. The summed E-state index contributed by atoms with van der Waals surface area (Å²) in [7, 11) is -3.55. The van der Waals surface area contributed by atoms with Gasteiger partial charge in [0.05, 0.1) is 4.90 Å². The average Bonchev–Trinajstić information content (AvgIpc) is 3.19. The minimum atomic E-state index is -3.55. The Kier molecular flexibility index (Phi) is 9.34. The van der Waals surface area contributed by atoms with Crippen molar-refractivity contribution in [2.45, 2.75) is 75.6 Å². The van der Waals surface area contributed by atoms with Crippen LogP contribution in [0.3, 0.4) is 0 Å². The summed E-state index contributed by atoms with van der Waals surface area (Å²) < 4.78 is 34.6. The first-order chi connectivity index (χ1) is 19.7. The minimum absolute atomic E-state index is 0.0748. The van der Waals surface area contributed by atoms with Gasteiger partial charge in [-0.05, 0) is 81.3 Å². The third-order valence-electron chi connectivity index (χ3n) is 8.23. The topological polar surface area (TPSA) is 79.0 Å². The number of carbonyl (C=O) groups is 1. The minimum Gasteiger partial charge on any atom is -0.444 e. The second-order valence-corrected chi connectivity index (χ2v) is 13.3. The Hall–Kier alpha value is -2.91. The van der Waals surface area contributed by atoms with E-state index in [2.05, 4.69) is 9.62 Å². The number of fused-ring (bicyclic) bond motifs is 2. The summed E-state index contributed by atoms with van der Waals surface area (Å²) in [5.41, 5.74) is 3.63. The van der Waals surface area contributed by atoms with E-state index in [0.717, 1.165) is 55.3 Å². The number of nitrogens with one attached hydrogen (secondary N) is 1. The molecule has 1 amide bonds. The van der Waals surface area contributed by atoms with Gasteiger partial charge in [0.1, 0.15) is 6.61 Å². The van der Waals surface area contributed by atoms with E-state index in [9.17, 15) is 13.2 Å². The Morgan fingerprint density at radius 2 is 1.68 bits per heavy atom. The van der Waals surface area contributed by atoms with Gasteiger partial charge in [0.15, 0.2) is 0 Å². The van der Waals surface area contributed by atoms with Crippen LogP contribution in [0.2, 0.25) is 5.02 Å².